The number of carbonyl (C=O) groups excluding carboxylic acids is 3. The number of hydrogen-bond donors (Lipinski definition) is 0. The Hall–Kier alpha value is -0.887. The van der Waals surface area contributed by atoms with E-state index in [1.54, 1.807) is 0 Å². The molecule has 0 aliphatic rings. The first-order valence-corrected chi connectivity index (χ1v) is 2.66. The molecule has 0 aromatic rings. The molecule has 3 nitrogen and oxygen atoms in total. The molecule has 0 spiro atoms. The van der Waals surface area contributed by atoms with Gasteiger partial charge in [0, 0.05) is 0 Å². The Labute approximate surface area is 100 Å². The van der Waals surface area contributed by atoms with Crippen LogP contribution in [0.5, 0.6) is 0 Å². The predicted octanol–water partition coefficient (Wildman–Crippen LogP) is 1.76. The van der Waals surface area contributed by atoms with Gasteiger partial charge in [-0.3, -0.25) is 20.4 Å². The molecule has 0 aliphatic carbocycles. The van der Waals surface area contributed by atoms with E-state index in [-0.39, 0.29) is 26.9 Å². The van der Waals surface area contributed by atoms with Gasteiger partial charge in [0.2, 0.25) is 0 Å². The Kier molecular flexibility index (Phi) is 155. The summed E-state index contributed by atoms with van der Waals surface area (Å²) in [6, 6.07) is 0. The molecule has 0 radical (unpaired) electrons. The van der Waals surface area contributed by atoms with Crippen molar-refractivity contribution in [3.63, 3.8) is 0 Å². The van der Waals surface area contributed by atoms with Crippen LogP contribution >= 0.6 is 0 Å². The number of hydrogen-bond acceptors (Lipinski definition) is 3. The Morgan fingerprint density at radius 3 is 0.857 bits per heavy atom. The summed E-state index contributed by atoms with van der Waals surface area (Å²) in [6.45, 7) is 21.0. The smallest absolute Gasteiger partial charge is 0.545 e. The molecule has 82 valence electrons. The zero-order valence-corrected chi connectivity index (χ0v) is 10.5. The van der Waals surface area contributed by atoms with Crippen molar-refractivity contribution < 1.29 is 33.9 Å². The van der Waals surface area contributed by atoms with Gasteiger partial charge >= 0.3 is 19.5 Å². The van der Waals surface area contributed by atoms with Crippen LogP contribution in [0.25, 0.3) is 0 Å². The van der Waals surface area contributed by atoms with Crippen LogP contribution in [0.1, 0.15) is 13.8 Å². The van der Waals surface area contributed by atoms with Crippen LogP contribution < -0.4 is 0 Å². The van der Waals surface area contributed by atoms with Crippen LogP contribution in [0, 0.1) is 7.43 Å². The maximum Gasteiger partial charge on any atom is 4.00 e. The first-order chi connectivity index (χ1) is 5.64. The zero-order valence-electron chi connectivity index (χ0n) is 8.72. The summed E-state index contributed by atoms with van der Waals surface area (Å²) in [7, 11) is 0. The molecule has 0 bridgehead atoms. The molecule has 0 saturated carbocycles. The van der Waals surface area contributed by atoms with Gasteiger partial charge in [0.25, 0.3) is 0 Å². The Morgan fingerprint density at radius 1 is 0.786 bits per heavy atom. The van der Waals surface area contributed by atoms with Crippen LogP contribution in [0.3, 0.4) is 0 Å². The standard InChI is InChI=1S/C6H10.3CHO.CH3.Ru/c1-5(2)6(3)4;3*1-2;;/h1,3H2,2,4H3;3*1H;1H3;/q;4*-1;+4. The average Bonchev–Trinajstić information content (AvgIpc) is 2.14. The van der Waals surface area contributed by atoms with Crippen molar-refractivity contribution in [1.29, 1.82) is 0 Å². The summed E-state index contributed by atoms with van der Waals surface area (Å²) in [4.78, 5) is 23.2. The normalized spacial score (nSPS) is 4.14. The molecule has 14 heavy (non-hydrogen) atoms. The number of rotatable bonds is 1. The van der Waals surface area contributed by atoms with Crippen molar-refractivity contribution in [3.8, 4) is 0 Å². The van der Waals surface area contributed by atoms with Crippen LogP contribution in [-0.2, 0) is 33.9 Å². The van der Waals surface area contributed by atoms with E-state index in [1.807, 2.05) is 13.8 Å². The van der Waals surface area contributed by atoms with Gasteiger partial charge in [-0.15, -0.1) is 0 Å². The Morgan fingerprint density at radius 2 is 0.857 bits per heavy atom. The van der Waals surface area contributed by atoms with Crippen molar-refractivity contribution in [2.45, 2.75) is 13.8 Å². The third-order valence-electron chi connectivity index (χ3n) is 0.729. The molecule has 0 saturated heterocycles. The van der Waals surface area contributed by atoms with Gasteiger partial charge in [-0.25, -0.2) is 0 Å². The van der Waals surface area contributed by atoms with E-state index in [0.717, 1.165) is 11.1 Å². The van der Waals surface area contributed by atoms with E-state index in [9.17, 15) is 0 Å². The second kappa shape index (κ2) is 57.2. The fourth-order valence-electron chi connectivity index (χ4n) is 0. The molecule has 0 aliphatic heterocycles. The first kappa shape index (κ1) is 38.0. The molecule has 0 rings (SSSR count). The molecule has 0 aromatic carbocycles. The third kappa shape index (κ3) is 117. The number of allylic oxidation sites excluding steroid dienone is 2. The Balaban J connectivity index is -0.0000000175. The SMILES string of the molecule is C=C(C)C(=C)C.[CH-]=O.[CH-]=O.[CH-]=O.[CH3-].[Ru+4]. The second-order valence-electron chi connectivity index (χ2n) is 1.56. The predicted molar refractivity (Wildman–Crippen MR) is 56.3 cm³/mol. The third-order valence-corrected chi connectivity index (χ3v) is 0.729. The molecule has 4 heteroatoms. The van der Waals surface area contributed by atoms with Crippen molar-refractivity contribution in [2.75, 3.05) is 0 Å². The molecular formula is C10H16O3Ru. The average molecular weight is 285 g/mol. The molecule has 0 heterocycles. The summed E-state index contributed by atoms with van der Waals surface area (Å²) in [6.07, 6.45) is 0. The summed E-state index contributed by atoms with van der Waals surface area (Å²) in [5, 5.41) is 0. The van der Waals surface area contributed by atoms with Gasteiger partial charge in [-0.05, 0) is 13.8 Å². The van der Waals surface area contributed by atoms with Gasteiger partial charge < -0.3 is 21.8 Å². The van der Waals surface area contributed by atoms with Crippen molar-refractivity contribution >= 4 is 20.4 Å². The summed E-state index contributed by atoms with van der Waals surface area (Å²) < 4.78 is 0. The van der Waals surface area contributed by atoms with Gasteiger partial charge in [0.05, 0.1) is 0 Å². The quantitative estimate of drug-likeness (QED) is 0.319. The summed E-state index contributed by atoms with van der Waals surface area (Å²) >= 11 is 0. The maximum absolute atomic E-state index is 7.75. The monoisotopic (exact) mass is 286 g/mol. The fraction of sp³-hybridized carbons (Fsp3) is 0.200. The van der Waals surface area contributed by atoms with Crippen molar-refractivity contribution in [2.24, 2.45) is 0 Å². The van der Waals surface area contributed by atoms with Crippen LogP contribution in [-0.4, -0.2) is 20.4 Å². The topological polar surface area (TPSA) is 51.2 Å². The molecular weight excluding hydrogens is 269 g/mol. The van der Waals surface area contributed by atoms with Crippen molar-refractivity contribution in [1.82, 2.24) is 0 Å². The molecule has 0 atom stereocenters. The maximum atomic E-state index is 7.75. The van der Waals surface area contributed by atoms with Crippen LogP contribution in [0.2, 0.25) is 0 Å². The van der Waals surface area contributed by atoms with Gasteiger partial charge in [-0.2, -0.15) is 0 Å². The van der Waals surface area contributed by atoms with E-state index < -0.39 is 0 Å². The van der Waals surface area contributed by atoms with E-state index >= 15 is 0 Å². The van der Waals surface area contributed by atoms with Gasteiger partial charge in [0.1, 0.15) is 0 Å². The molecule has 0 fully saturated rings. The van der Waals surface area contributed by atoms with E-state index in [4.69, 9.17) is 14.4 Å². The molecule has 0 aromatic heterocycles. The molecule has 0 amide bonds. The van der Waals surface area contributed by atoms with E-state index in [0.29, 0.717) is 0 Å². The van der Waals surface area contributed by atoms with Crippen molar-refractivity contribution in [3.05, 3.63) is 31.7 Å². The van der Waals surface area contributed by atoms with E-state index in [1.165, 1.54) is 0 Å². The molecule has 0 N–H and O–H groups in total. The minimum Gasteiger partial charge on any atom is -0.545 e. The fourth-order valence-corrected chi connectivity index (χ4v) is 0. The minimum absolute atomic E-state index is 0. The van der Waals surface area contributed by atoms with Crippen LogP contribution in [0.15, 0.2) is 24.3 Å². The summed E-state index contributed by atoms with van der Waals surface area (Å²) in [5.41, 5.74) is 2.13. The summed E-state index contributed by atoms with van der Waals surface area (Å²) in [5.74, 6) is 0. The minimum atomic E-state index is 0. The first-order valence-electron chi connectivity index (χ1n) is 2.66. The zero-order chi connectivity index (χ0) is 11.2. The van der Waals surface area contributed by atoms with Gasteiger partial charge in [0.15, 0.2) is 0 Å². The second-order valence-corrected chi connectivity index (χ2v) is 1.56. The van der Waals surface area contributed by atoms with E-state index in [2.05, 4.69) is 33.5 Å². The Bertz CT molecular complexity index is 108. The molecule has 0 unspecified atom stereocenters. The van der Waals surface area contributed by atoms with Crippen LogP contribution in [0.4, 0.5) is 0 Å². The van der Waals surface area contributed by atoms with Gasteiger partial charge in [-0.1, -0.05) is 24.3 Å². The largest absolute Gasteiger partial charge is 4.00 e.